The Labute approximate surface area is 150 Å². The van der Waals surface area contributed by atoms with Crippen LogP contribution in [0.25, 0.3) is 6.08 Å². The highest BCUT2D eigenvalue weighted by atomic mass is 16.5. The summed E-state index contributed by atoms with van der Waals surface area (Å²) < 4.78 is 5.96. The molecule has 0 saturated carbocycles. The lowest BCUT2D eigenvalue weighted by atomic mass is 10.0. The van der Waals surface area contributed by atoms with Gasteiger partial charge >= 0.3 is 0 Å². The summed E-state index contributed by atoms with van der Waals surface area (Å²) in [5.74, 6) is 0.465. The predicted molar refractivity (Wildman–Crippen MR) is 99.4 cm³/mol. The molecule has 0 radical (unpaired) electrons. The van der Waals surface area contributed by atoms with E-state index in [-0.39, 0.29) is 12.5 Å². The Balaban J connectivity index is 2.62. The zero-order valence-corrected chi connectivity index (χ0v) is 15.2. The van der Waals surface area contributed by atoms with E-state index in [1.54, 1.807) is 6.08 Å². The predicted octanol–water partition coefficient (Wildman–Crippen LogP) is 2.97. The molecule has 5 nitrogen and oxygen atoms in total. The van der Waals surface area contributed by atoms with Gasteiger partial charge in [0.25, 0.3) is 0 Å². The van der Waals surface area contributed by atoms with Crippen LogP contribution in [0.3, 0.4) is 0 Å². The maximum absolute atomic E-state index is 11.7. The molecule has 138 valence electrons. The molecule has 1 amide bonds. The van der Waals surface area contributed by atoms with Crippen LogP contribution < -0.4 is 10.1 Å². The van der Waals surface area contributed by atoms with E-state index >= 15 is 0 Å². The lowest BCUT2D eigenvalue weighted by Crippen LogP contribution is -2.29. The Morgan fingerprint density at radius 3 is 2.72 bits per heavy atom. The largest absolute Gasteiger partial charge is 0.493 e. The van der Waals surface area contributed by atoms with Crippen LogP contribution in [-0.4, -0.2) is 36.6 Å². The first kappa shape index (κ1) is 20.9. The van der Waals surface area contributed by atoms with Gasteiger partial charge in [0, 0.05) is 11.6 Å². The van der Waals surface area contributed by atoms with Crippen molar-refractivity contribution in [1.29, 1.82) is 0 Å². The van der Waals surface area contributed by atoms with Crippen molar-refractivity contribution in [2.75, 3.05) is 19.8 Å². The van der Waals surface area contributed by atoms with Gasteiger partial charge in [0.2, 0.25) is 5.91 Å². The highest BCUT2D eigenvalue weighted by Crippen LogP contribution is 2.22. The van der Waals surface area contributed by atoms with E-state index in [0.29, 0.717) is 12.5 Å². The van der Waals surface area contributed by atoms with Crippen molar-refractivity contribution < 1.29 is 19.4 Å². The van der Waals surface area contributed by atoms with Crippen molar-refractivity contribution in [3.05, 3.63) is 35.9 Å². The second kappa shape index (κ2) is 12.3. The third kappa shape index (κ3) is 8.49. The highest BCUT2D eigenvalue weighted by Gasteiger charge is 2.08. The van der Waals surface area contributed by atoms with Crippen molar-refractivity contribution >= 4 is 17.8 Å². The molecule has 0 heterocycles. The third-order valence-corrected chi connectivity index (χ3v) is 3.99. The van der Waals surface area contributed by atoms with E-state index in [9.17, 15) is 9.59 Å². The first-order valence-electron chi connectivity index (χ1n) is 8.90. The maximum atomic E-state index is 11.7. The van der Waals surface area contributed by atoms with Gasteiger partial charge < -0.3 is 15.2 Å². The van der Waals surface area contributed by atoms with E-state index in [1.807, 2.05) is 24.3 Å². The first-order chi connectivity index (χ1) is 12.1. The summed E-state index contributed by atoms with van der Waals surface area (Å²) in [4.78, 5) is 22.7. The summed E-state index contributed by atoms with van der Waals surface area (Å²) in [6.45, 7) is 4.28. The Bertz CT molecular complexity index is 569. The Morgan fingerprint density at radius 1 is 1.28 bits per heavy atom. The highest BCUT2D eigenvalue weighted by molar-refractivity contribution is 5.95. The summed E-state index contributed by atoms with van der Waals surface area (Å²) in [6.07, 6.45) is 7.66. The molecular formula is C20H29NO4. The molecule has 0 aliphatic carbocycles. The molecule has 0 aliphatic rings. The van der Waals surface area contributed by atoms with Crippen LogP contribution in [0.15, 0.2) is 30.3 Å². The molecule has 1 aromatic carbocycles. The lowest BCUT2D eigenvalue weighted by Gasteiger charge is -2.16. The van der Waals surface area contributed by atoms with Gasteiger partial charge in [-0.15, -0.1) is 0 Å². The molecule has 1 rings (SSSR count). The number of unbranched alkanes of at least 4 members (excludes halogenated alkanes) is 1. The van der Waals surface area contributed by atoms with Crippen LogP contribution in [-0.2, 0) is 9.59 Å². The quantitative estimate of drug-likeness (QED) is 0.570. The average Bonchev–Trinajstić information content (AvgIpc) is 2.65. The number of ketones is 1. The number of Topliss-reactive ketones (excluding diaryl/α,β-unsaturated/α-hetero) is 1. The smallest absolute Gasteiger partial charge is 0.244 e. The van der Waals surface area contributed by atoms with Gasteiger partial charge in [-0.1, -0.05) is 51.3 Å². The molecule has 0 spiro atoms. The second-order valence-electron chi connectivity index (χ2n) is 6.01. The number of carbonyl (C=O) groups excluding carboxylic acids is 2. The number of benzene rings is 1. The molecule has 1 unspecified atom stereocenters. The number of hydrogen-bond acceptors (Lipinski definition) is 4. The number of amides is 1. The lowest BCUT2D eigenvalue weighted by molar-refractivity contribution is -0.124. The Kier molecular flexibility index (Phi) is 10.2. The number of para-hydroxylation sites is 1. The fourth-order valence-corrected chi connectivity index (χ4v) is 2.32. The minimum absolute atomic E-state index is 0.173. The van der Waals surface area contributed by atoms with Gasteiger partial charge in [0.05, 0.1) is 13.2 Å². The Morgan fingerprint density at radius 2 is 2.04 bits per heavy atom. The monoisotopic (exact) mass is 347 g/mol. The molecule has 1 atom stereocenters. The minimum atomic E-state index is -0.572. The number of carbonyl (C=O) groups is 2. The molecule has 2 N–H and O–H groups in total. The minimum Gasteiger partial charge on any atom is -0.493 e. The van der Waals surface area contributed by atoms with E-state index in [0.717, 1.165) is 24.2 Å². The topological polar surface area (TPSA) is 75.6 Å². The zero-order valence-electron chi connectivity index (χ0n) is 15.2. The van der Waals surface area contributed by atoms with Crippen molar-refractivity contribution in [1.82, 2.24) is 5.32 Å². The van der Waals surface area contributed by atoms with E-state index in [2.05, 4.69) is 19.2 Å². The standard InChI is InChI=1S/C20H29NO4/c1-3-5-8-16(4-2)15-25-19-10-7-6-9-17(19)11-12-20(24)21-13-18(23)14-22/h6-7,9-12,16,22H,3-5,8,13-15H2,1-2H3,(H,21,24). The summed E-state index contributed by atoms with van der Waals surface area (Å²) in [7, 11) is 0. The third-order valence-electron chi connectivity index (χ3n) is 3.99. The Hall–Kier alpha value is -2.14. The number of hydrogen-bond donors (Lipinski definition) is 2. The van der Waals surface area contributed by atoms with Gasteiger partial charge in [-0.2, -0.15) is 0 Å². The number of rotatable bonds is 12. The van der Waals surface area contributed by atoms with Crippen LogP contribution in [0.5, 0.6) is 5.75 Å². The average molecular weight is 347 g/mol. The van der Waals surface area contributed by atoms with E-state index in [1.165, 1.54) is 18.9 Å². The molecule has 0 saturated heterocycles. The molecule has 0 aromatic heterocycles. The molecular weight excluding hydrogens is 318 g/mol. The molecule has 0 bridgehead atoms. The zero-order chi connectivity index (χ0) is 18.5. The number of ether oxygens (including phenoxy) is 1. The second-order valence-corrected chi connectivity index (χ2v) is 6.01. The van der Waals surface area contributed by atoms with Gasteiger partial charge in [-0.3, -0.25) is 9.59 Å². The fourth-order valence-electron chi connectivity index (χ4n) is 2.32. The number of nitrogens with one attached hydrogen (secondary N) is 1. The normalized spacial score (nSPS) is 12.1. The van der Waals surface area contributed by atoms with Crippen LogP contribution in [0.2, 0.25) is 0 Å². The number of aliphatic hydroxyl groups is 1. The summed E-state index contributed by atoms with van der Waals surface area (Å²) in [5.41, 5.74) is 0.816. The molecule has 0 aliphatic heterocycles. The van der Waals surface area contributed by atoms with Crippen LogP contribution in [0.1, 0.15) is 45.1 Å². The molecule has 5 heteroatoms. The van der Waals surface area contributed by atoms with Crippen LogP contribution >= 0.6 is 0 Å². The van der Waals surface area contributed by atoms with Gasteiger partial charge in [-0.05, 0) is 24.5 Å². The molecule has 25 heavy (non-hydrogen) atoms. The van der Waals surface area contributed by atoms with Crippen LogP contribution in [0.4, 0.5) is 0 Å². The summed E-state index contributed by atoms with van der Waals surface area (Å²) in [5, 5.41) is 11.1. The van der Waals surface area contributed by atoms with Gasteiger partial charge in [-0.25, -0.2) is 0 Å². The van der Waals surface area contributed by atoms with Crippen molar-refractivity contribution in [2.45, 2.75) is 39.5 Å². The number of aliphatic hydroxyl groups excluding tert-OH is 1. The van der Waals surface area contributed by atoms with Crippen LogP contribution in [0, 0.1) is 5.92 Å². The van der Waals surface area contributed by atoms with E-state index in [4.69, 9.17) is 9.84 Å². The fraction of sp³-hybridized carbons (Fsp3) is 0.500. The van der Waals surface area contributed by atoms with Crippen molar-refractivity contribution in [2.24, 2.45) is 5.92 Å². The summed E-state index contributed by atoms with van der Waals surface area (Å²) in [6, 6.07) is 7.55. The summed E-state index contributed by atoms with van der Waals surface area (Å²) >= 11 is 0. The first-order valence-corrected chi connectivity index (χ1v) is 8.90. The molecule has 0 fully saturated rings. The maximum Gasteiger partial charge on any atom is 0.244 e. The van der Waals surface area contributed by atoms with Crippen molar-refractivity contribution in [3.63, 3.8) is 0 Å². The molecule has 1 aromatic rings. The van der Waals surface area contributed by atoms with E-state index < -0.39 is 12.4 Å². The van der Waals surface area contributed by atoms with Gasteiger partial charge in [0.15, 0.2) is 5.78 Å². The SMILES string of the molecule is CCCCC(CC)COc1ccccc1C=CC(=O)NCC(=O)CO. The van der Waals surface area contributed by atoms with Gasteiger partial charge in [0.1, 0.15) is 12.4 Å². The van der Waals surface area contributed by atoms with Crippen molar-refractivity contribution in [3.8, 4) is 5.75 Å².